The summed E-state index contributed by atoms with van der Waals surface area (Å²) < 4.78 is 0. The van der Waals surface area contributed by atoms with E-state index in [2.05, 4.69) is 96.1 Å². The summed E-state index contributed by atoms with van der Waals surface area (Å²) in [6.07, 6.45) is 12.4. The molecule has 0 atom stereocenters. The highest BCUT2D eigenvalue weighted by Gasteiger charge is 2.15. The molecule has 0 aliphatic heterocycles. The molecule has 210 valence electrons. The van der Waals surface area contributed by atoms with Gasteiger partial charge in [0, 0.05) is 16.7 Å². The lowest BCUT2D eigenvalue weighted by Crippen LogP contribution is -2.02. The molecule has 0 aliphatic carbocycles. The molecule has 4 rings (SSSR count). The van der Waals surface area contributed by atoms with Gasteiger partial charge in [-0.25, -0.2) is 15.0 Å². The summed E-state index contributed by atoms with van der Waals surface area (Å²) in [6.45, 7) is 13.1. The maximum absolute atomic E-state index is 5.09. The highest BCUT2D eigenvalue weighted by molar-refractivity contribution is 5.68. The van der Waals surface area contributed by atoms with Crippen LogP contribution in [-0.2, 0) is 12.8 Å². The SMILES string of the molecule is CCCCCCc1cc(CCCCCC)cc(-c2nc(-c3ccc(C)c(C)c3)nc(-c3ccc(C)c(C)c3)n2)c1. The minimum Gasteiger partial charge on any atom is -0.208 e. The molecule has 3 nitrogen and oxygen atoms in total. The summed E-state index contributed by atoms with van der Waals surface area (Å²) in [5.41, 5.74) is 11.0. The average molecular weight is 534 g/mol. The maximum atomic E-state index is 5.09. The monoisotopic (exact) mass is 533 g/mol. The molecule has 0 saturated carbocycles. The topological polar surface area (TPSA) is 38.7 Å². The third-order valence-electron chi connectivity index (χ3n) is 8.11. The highest BCUT2D eigenvalue weighted by Crippen LogP contribution is 2.29. The van der Waals surface area contributed by atoms with Crippen LogP contribution in [0.4, 0.5) is 0 Å². The highest BCUT2D eigenvalue weighted by atomic mass is 15.0. The predicted octanol–water partition coefficient (Wildman–Crippen LogP) is 10.4. The number of rotatable bonds is 13. The van der Waals surface area contributed by atoms with Crippen LogP contribution in [0.2, 0.25) is 0 Å². The number of hydrogen-bond acceptors (Lipinski definition) is 3. The van der Waals surface area contributed by atoms with Gasteiger partial charge in [-0.1, -0.05) is 82.7 Å². The van der Waals surface area contributed by atoms with Crippen LogP contribution in [0.25, 0.3) is 34.2 Å². The Morgan fingerprint density at radius 1 is 0.425 bits per heavy atom. The Morgan fingerprint density at radius 2 is 0.850 bits per heavy atom. The second kappa shape index (κ2) is 14.3. The molecule has 0 N–H and O–H groups in total. The largest absolute Gasteiger partial charge is 0.208 e. The maximum Gasteiger partial charge on any atom is 0.164 e. The normalized spacial score (nSPS) is 11.2. The fourth-order valence-electron chi connectivity index (χ4n) is 5.22. The fourth-order valence-corrected chi connectivity index (χ4v) is 5.22. The van der Waals surface area contributed by atoms with Gasteiger partial charge in [-0.15, -0.1) is 0 Å². The lowest BCUT2D eigenvalue weighted by atomic mass is 9.97. The Hall–Kier alpha value is -3.33. The standard InChI is InChI=1S/C37H47N3/c1-7-9-11-13-15-30-23-31(16-14-12-10-8-2)25-34(24-30)37-39-35(32-19-17-26(3)28(5)21-32)38-36(40-37)33-20-18-27(4)29(6)22-33/h17-25H,7-16H2,1-6H3. The van der Waals surface area contributed by atoms with E-state index >= 15 is 0 Å². The lowest BCUT2D eigenvalue weighted by Gasteiger charge is -2.13. The van der Waals surface area contributed by atoms with Gasteiger partial charge in [-0.05, 0) is 111 Å². The summed E-state index contributed by atoms with van der Waals surface area (Å²) in [5, 5.41) is 0. The zero-order valence-electron chi connectivity index (χ0n) is 25.6. The number of unbranched alkanes of at least 4 members (excludes halogenated alkanes) is 6. The number of aryl methyl sites for hydroxylation is 6. The zero-order chi connectivity index (χ0) is 28.5. The summed E-state index contributed by atoms with van der Waals surface area (Å²) in [6, 6.07) is 20.1. The molecule has 0 saturated heterocycles. The first-order valence-electron chi connectivity index (χ1n) is 15.4. The molecular weight excluding hydrogens is 486 g/mol. The van der Waals surface area contributed by atoms with Gasteiger partial charge in [0.05, 0.1) is 0 Å². The molecule has 0 amide bonds. The Kier molecular flexibility index (Phi) is 10.6. The van der Waals surface area contributed by atoms with Gasteiger partial charge in [-0.2, -0.15) is 0 Å². The molecule has 1 heterocycles. The smallest absolute Gasteiger partial charge is 0.164 e. The summed E-state index contributed by atoms with van der Waals surface area (Å²) in [5.74, 6) is 2.24. The molecule has 4 aromatic rings. The zero-order valence-corrected chi connectivity index (χ0v) is 25.6. The molecule has 0 aliphatic rings. The van der Waals surface area contributed by atoms with Gasteiger partial charge in [0.1, 0.15) is 0 Å². The van der Waals surface area contributed by atoms with E-state index in [9.17, 15) is 0 Å². The van der Waals surface area contributed by atoms with Crippen LogP contribution in [0.5, 0.6) is 0 Å². The molecule has 0 spiro atoms. The van der Waals surface area contributed by atoms with Gasteiger partial charge >= 0.3 is 0 Å². The van der Waals surface area contributed by atoms with Crippen LogP contribution in [0.1, 0.15) is 98.6 Å². The minimum atomic E-state index is 0.735. The second-order valence-corrected chi connectivity index (χ2v) is 11.6. The first-order valence-corrected chi connectivity index (χ1v) is 15.4. The molecule has 0 fully saturated rings. The molecule has 0 unspecified atom stereocenters. The summed E-state index contributed by atoms with van der Waals surface area (Å²) in [7, 11) is 0. The van der Waals surface area contributed by atoms with Crippen molar-refractivity contribution in [3.05, 3.63) is 88.0 Å². The Morgan fingerprint density at radius 3 is 1.25 bits per heavy atom. The van der Waals surface area contributed by atoms with Crippen molar-refractivity contribution in [2.24, 2.45) is 0 Å². The van der Waals surface area contributed by atoms with Gasteiger partial charge in [-0.3, -0.25) is 0 Å². The predicted molar refractivity (Wildman–Crippen MR) is 171 cm³/mol. The average Bonchev–Trinajstić information content (AvgIpc) is 2.96. The molecule has 3 aromatic carbocycles. The van der Waals surface area contributed by atoms with E-state index in [-0.39, 0.29) is 0 Å². The van der Waals surface area contributed by atoms with E-state index in [1.54, 1.807) is 0 Å². The van der Waals surface area contributed by atoms with Crippen LogP contribution in [0.3, 0.4) is 0 Å². The van der Waals surface area contributed by atoms with Crippen molar-refractivity contribution in [3.8, 4) is 34.2 Å². The van der Waals surface area contributed by atoms with Crippen molar-refractivity contribution in [1.82, 2.24) is 15.0 Å². The van der Waals surface area contributed by atoms with Crippen molar-refractivity contribution in [3.63, 3.8) is 0 Å². The van der Waals surface area contributed by atoms with Crippen LogP contribution in [0, 0.1) is 27.7 Å². The Bertz CT molecular complexity index is 1320. The van der Waals surface area contributed by atoms with Crippen molar-refractivity contribution in [2.45, 2.75) is 106 Å². The third-order valence-corrected chi connectivity index (χ3v) is 8.11. The van der Waals surface area contributed by atoms with E-state index < -0.39 is 0 Å². The quantitative estimate of drug-likeness (QED) is 0.160. The second-order valence-electron chi connectivity index (χ2n) is 11.6. The van der Waals surface area contributed by atoms with Crippen molar-refractivity contribution in [1.29, 1.82) is 0 Å². The fraction of sp³-hybridized carbons (Fsp3) is 0.432. The Balaban J connectivity index is 1.81. The molecule has 40 heavy (non-hydrogen) atoms. The van der Waals surface area contributed by atoms with Crippen LogP contribution in [0.15, 0.2) is 54.6 Å². The summed E-state index contributed by atoms with van der Waals surface area (Å²) >= 11 is 0. The van der Waals surface area contributed by atoms with E-state index in [4.69, 9.17) is 15.0 Å². The van der Waals surface area contributed by atoms with E-state index in [1.807, 2.05) is 0 Å². The number of hydrogen-bond donors (Lipinski definition) is 0. The van der Waals surface area contributed by atoms with E-state index in [0.29, 0.717) is 0 Å². The van der Waals surface area contributed by atoms with Crippen LogP contribution < -0.4 is 0 Å². The van der Waals surface area contributed by atoms with Gasteiger partial charge in [0.25, 0.3) is 0 Å². The number of aromatic nitrogens is 3. The van der Waals surface area contributed by atoms with Crippen molar-refractivity contribution >= 4 is 0 Å². The third kappa shape index (κ3) is 7.87. The first-order chi connectivity index (χ1) is 19.4. The van der Waals surface area contributed by atoms with Gasteiger partial charge in [0.15, 0.2) is 17.5 Å². The molecule has 1 aromatic heterocycles. The lowest BCUT2D eigenvalue weighted by molar-refractivity contribution is 0.661. The number of benzene rings is 3. The molecule has 0 bridgehead atoms. The Labute approximate surface area is 242 Å². The molecule has 3 heteroatoms. The first kappa shape index (κ1) is 29.6. The summed E-state index contributed by atoms with van der Waals surface area (Å²) in [4.78, 5) is 15.2. The molecule has 0 radical (unpaired) electrons. The van der Waals surface area contributed by atoms with E-state index in [0.717, 1.165) is 47.0 Å². The van der Waals surface area contributed by atoms with Crippen molar-refractivity contribution in [2.75, 3.05) is 0 Å². The van der Waals surface area contributed by atoms with Crippen LogP contribution in [-0.4, -0.2) is 15.0 Å². The minimum absolute atomic E-state index is 0.735. The van der Waals surface area contributed by atoms with Crippen molar-refractivity contribution < 1.29 is 0 Å². The van der Waals surface area contributed by atoms with Gasteiger partial charge in [0.2, 0.25) is 0 Å². The van der Waals surface area contributed by atoms with Gasteiger partial charge < -0.3 is 0 Å². The molecular formula is C37H47N3. The number of nitrogens with zero attached hydrogens (tertiary/aromatic N) is 3. The van der Waals surface area contributed by atoms with Crippen LogP contribution >= 0.6 is 0 Å². The van der Waals surface area contributed by atoms with E-state index in [1.165, 1.54) is 84.7 Å².